The lowest BCUT2D eigenvalue weighted by Gasteiger charge is -2.09. The van der Waals surface area contributed by atoms with Gasteiger partial charge in [0, 0.05) is 54.4 Å². The zero-order valence-electron chi connectivity index (χ0n) is 16.0. The van der Waals surface area contributed by atoms with Crippen molar-refractivity contribution in [3.63, 3.8) is 0 Å². The molecule has 0 bridgehead atoms. The third-order valence-corrected chi connectivity index (χ3v) is 7.19. The first-order valence-electron chi connectivity index (χ1n) is 10.1. The second-order valence-electron chi connectivity index (χ2n) is 7.72. The molecule has 3 heteroatoms. The van der Waals surface area contributed by atoms with Gasteiger partial charge in [-0.15, -0.1) is 11.3 Å². The van der Waals surface area contributed by atoms with Gasteiger partial charge in [0.1, 0.15) is 0 Å². The number of pyridine rings is 1. The van der Waals surface area contributed by atoms with Gasteiger partial charge in [-0.25, -0.2) is 0 Å². The fraction of sp³-hybridized carbons (Fsp3) is 0. The molecular formula is C27H16N2S. The van der Waals surface area contributed by atoms with Crippen molar-refractivity contribution < 1.29 is 0 Å². The second kappa shape index (κ2) is 5.91. The van der Waals surface area contributed by atoms with Crippen LogP contribution in [0.3, 0.4) is 0 Å². The van der Waals surface area contributed by atoms with E-state index in [0.29, 0.717) is 0 Å². The van der Waals surface area contributed by atoms with E-state index in [1.54, 1.807) is 0 Å². The topological polar surface area (TPSA) is 17.8 Å². The van der Waals surface area contributed by atoms with Crippen molar-refractivity contribution in [2.45, 2.75) is 0 Å². The molecule has 3 heterocycles. The van der Waals surface area contributed by atoms with Crippen LogP contribution in [0.5, 0.6) is 0 Å². The van der Waals surface area contributed by atoms with Crippen LogP contribution < -0.4 is 0 Å². The largest absolute Gasteiger partial charge is 0.309 e. The first-order valence-corrected chi connectivity index (χ1v) is 10.9. The molecule has 7 aromatic rings. The number of aromatic nitrogens is 2. The SMILES string of the molecule is c1ccc2c(c1)sc1cc3c4ccccc4n(-c4ccc5cnccc5c4)c3cc12. The molecule has 30 heavy (non-hydrogen) atoms. The Kier molecular flexibility index (Phi) is 3.18. The minimum Gasteiger partial charge on any atom is -0.309 e. The number of para-hydroxylation sites is 1. The van der Waals surface area contributed by atoms with E-state index in [-0.39, 0.29) is 0 Å². The van der Waals surface area contributed by atoms with E-state index in [9.17, 15) is 0 Å². The fourth-order valence-electron chi connectivity index (χ4n) is 4.67. The lowest BCUT2D eigenvalue weighted by molar-refractivity contribution is 1.19. The fourth-order valence-corrected chi connectivity index (χ4v) is 5.80. The lowest BCUT2D eigenvalue weighted by atomic mass is 10.1. The van der Waals surface area contributed by atoms with Crippen molar-refractivity contribution in [1.29, 1.82) is 0 Å². The Bertz CT molecular complexity index is 1750. The van der Waals surface area contributed by atoms with Crippen molar-refractivity contribution in [3.05, 3.63) is 97.3 Å². The average molecular weight is 401 g/mol. The van der Waals surface area contributed by atoms with Crippen molar-refractivity contribution in [1.82, 2.24) is 9.55 Å². The third kappa shape index (κ3) is 2.15. The highest BCUT2D eigenvalue weighted by atomic mass is 32.1. The van der Waals surface area contributed by atoms with E-state index in [2.05, 4.69) is 94.5 Å². The molecule has 0 spiro atoms. The molecule has 140 valence electrons. The molecule has 0 aliphatic rings. The molecule has 4 aromatic carbocycles. The normalized spacial score (nSPS) is 12.0. The van der Waals surface area contributed by atoms with Gasteiger partial charge in [-0.3, -0.25) is 4.98 Å². The van der Waals surface area contributed by atoms with E-state index in [1.807, 2.05) is 23.7 Å². The Hall–Kier alpha value is -3.69. The molecular weight excluding hydrogens is 384 g/mol. The van der Waals surface area contributed by atoms with Crippen LogP contribution in [0, 0.1) is 0 Å². The van der Waals surface area contributed by atoms with Gasteiger partial charge in [0.25, 0.3) is 0 Å². The number of hydrogen-bond acceptors (Lipinski definition) is 2. The first-order chi connectivity index (χ1) is 14.9. The van der Waals surface area contributed by atoms with E-state index < -0.39 is 0 Å². The summed E-state index contributed by atoms with van der Waals surface area (Å²) in [4.78, 5) is 4.26. The minimum atomic E-state index is 1.16. The zero-order valence-corrected chi connectivity index (χ0v) is 16.9. The monoisotopic (exact) mass is 400 g/mol. The predicted octanol–water partition coefficient (Wildman–Crippen LogP) is 7.70. The molecule has 0 saturated heterocycles. The first kappa shape index (κ1) is 16.1. The number of benzene rings is 4. The smallest absolute Gasteiger partial charge is 0.0548 e. The van der Waals surface area contributed by atoms with E-state index in [4.69, 9.17) is 0 Å². The Morgan fingerprint density at radius 1 is 0.600 bits per heavy atom. The summed E-state index contributed by atoms with van der Waals surface area (Å²) in [5.74, 6) is 0. The van der Waals surface area contributed by atoms with Gasteiger partial charge >= 0.3 is 0 Å². The molecule has 0 atom stereocenters. The van der Waals surface area contributed by atoms with Crippen LogP contribution in [0.15, 0.2) is 97.3 Å². The summed E-state index contributed by atoms with van der Waals surface area (Å²) in [6.45, 7) is 0. The van der Waals surface area contributed by atoms with E-state index >= 15 is 0 Å². The van der Waals surface area contributed by atoms with Gasteiger partial charge in [0.2, 0.25) is 0 Å². The molecule has 0 unspecified atom stereocenters. The highest BCUT2D eigenvalue weighted by molar-refractivity contribution is 7.25. The zero-order chi connectivity index (χ0) is 19.7. The maximum atomic E-state index is 4.26. The van der Waals surface area contributed by atoms with Crippen LogP contribution in [-0.2, 0) is 0 Å². The van der Waals surface area contributed by atoms with Crippen LogP contribution in [-0.4, -0.2) is 9.55 Å². The minimum absolute atomic E-state index is 1.16. The van der Waals surface area contributed by atoms with Crippen molar-refractivity contribution in [3.8, 4) is 5.69 Å². The highest BCUT2D eigenvalue weighted by Gasteiger charge is 2.15. The summed E-state index contributed by atoms with van der Waals surface area (Å²) >= 11 is 1.88. The van der Waals surface area contributed by atoms with Gasteiger partial charge in [0.15, 0.2) is 0 Å². The average Bonchev–Trinajstić information content (AvgIpc) is 3.32. The quantitative estimate of drug-likeness (QED) is 0.276. The van der Waals surface area contributed by atoms with Crippen LogP contribution >= 0.6 is 11.3 Å². The standard InChI is InChI=1S/C27H16N2S/c1-3-7-24-20(5-1)22-15-27-23(21-6-2-4-8-26(21)30-27)14-25(22)29(24)19-10-9-18-16-28-12-11-17(18)13-19/h1-16H. The van der Waals surface area contributed by atoms with Gasteiger partial charge < -0.3 is 4.57 Å². The maximum absolute atomic E-state index is 4.26. The molecule has 0 N–H and O–H groups in total. The third-order valence-electron chi connectivity index (χ3n) is 6.05. The number of hydrogen-bond donors (Lipinski definition) is 0. The summed E-state index contributed by atoms with van der Waals surface area (Å²) < 4.78 is 5.08. The van der Waals surface area contributed by atoms with Gasteiger partial charge in [-0.1, -0.05) is 42.5 Å². The van der Waals surface area contributed by atoms with Crippen molar-refractivity contribution in [2.75, 3.05) is 0 Å². The highest BCUT2D eigenvalue weighted by Crippen LogP contribution is 2.40. The Labute approximate surface area is 176 Å². The molecule has 0 radical (unpaired) electrons. The summed E-state index contributed by atoms with van der Waals surface area (Å²) in [7, 11) is 0. The molecule has 2 nitrogen and oxygen atoms in total. The molecule has 7 rings (SSSR count). The van der Waals surface area contributed by atoms with Gasteiger partial charge in [-0.2, -0.15) is 0 Å². The van der Waals surface area contributed by atoms with Gasteiger partial charge in [0.05, 0.1) is 11.0 Å². The number of nitrogens with zero attached hydrogens (tertiary/aromatic N) is 2. The summed E-state index contributed by atoms with van der Waals surface area (Å²) in [5, 5.41) is 7.63. The summed E-state index contributed by atoms with van der Waals surface area (Å²) in [6, 6.07) is 30.9. The molecule has 3 aromatic heterocycles. The molecule has 0 aliphatic heterocycles. The Morgan fingerprint density at radius 2 is 1.47 bits per heavy atom. The van der Waals surface area contributed by atoms with Crippen LogP contribution in [0.4, 0.5) is 0 Å². The predicted molar refractivity (Wildman–Crippen MR) is 129 cm³/mol. The number of thiophene rings is 1. The number of rotatable bonds is 1. The van der Waals surface area contributed by atoms with Crippen molar-refractivity contribution >= 4 is 64.1 Å². The molecule has 0 amide bonds. The lowest BCUT2D eigenvalue weighted by Crippen LogP contribution is -1.93. The summed E-state index contributed by atoms with van der Waals surface area (Å²) in [6.07, 6.45) is 3.78. The Balaban J connectivity index is 1.66. The van der Waals surface area contributed by atoms with Gasteiger partial charge in [-0.05, 0) is 47.9 Å². The molecule has 0 saturated carbocycles. The van der Waals surface area contributed by atoms with Crippen LogP contribution in [0.1, 0.15) is 0 Å². The number of fused-ring (bicyclic) bond motifs is 7. The van der Waals surface area contributed by atoms with E-state index in [1.165, 1.54) is 53.1 Å². The molecule has 0 fully saturated rings. The summed E-state index contributed by atoms with van der Waals surface area (Å²) in [5.41, 5.74) is 3.67. The Morgan fingerprint density at radius 3 is 2.43 bits per heavy atom. The van der Waals surface area contributed by atoms with Crippen molar-refractivity contribution in [2.24, 2.45) is 0 Å². The van der Waals surface area contributed by atoms with E-state index in [0.717, 1.165) is 5.39 Å². The maximum Gasteiger partial charge on any atom is 0.0548 e. The van der Waals surface area contributed by atoms with Crippen LogP contribution in [0.2, 0.25) is 0 Å². The molecule has 0 aliphatic carbocycles. The van der Waals surface area contributed by atoms with Crippen LogP contribution in [0.25, 0.3) is 58.4 Å². The second-order valence-corrected chi connectivity index (χ2v) is 8.81.